The van der Waals surface area contributed by atoms with Gasteiger partial charge in [0, 0.05) is 6.54 Å². The second kappa shape index (κ2) is 11.6. The Labute approximate surface area is 205 Å². The predicted molar refractivity (Wildman–Crippen MR) is 132 cm³/mol. The van der Waals surface area contributed by atoms with Crippen molar-refractivity contribution in [3.8, 4) is 17.5 Å². The first kappa shape index (κ1) is 25.8. The van der Waals surface area contributed by atoms with Gasteiger partial charge in [-0.05, 0) is 55.7 Å². The summed E-state index contributed by atoms with van der Waals surface area (Å²) in [6, 6.07) is 13.4. The molecule has 0 atom stereocenters. The molecule has 9 heteroatoms. The normalized spacial score (nSPS) is 12.4. The lowest BCUT2D eigenvalue weighted by Gasteiger charge is -2.09. The van der Waals surface area contributed by atoms with Gasteiger partial charge in [0.25, 0.3) is 11.5 Å². The van der Waals surface area contributed by atoms with Crippen LogP contribution in [0.25, 0.3) is 17.3 Å². The molecule has 6 nitrogen and oxygen atoms in total. The van der Waals surface area contributed by atoms with Crippen LogP contribution in [-0.2, 0) is 4.79 Å². The quantitative estimate of drug-likeness (QED) is 0.483. The van der Waals surface area contributed by atoms with Crippen molar-refractivity contribution in [1.29, 1.82) is 5.26 Å². The van der Waals surface area contributed by atoms with Crippen LogP contribution in [-0.4, -0.2) is 23.6 Å². The zero-order chi connectivity index (χ0) is 25.5. The van der Waals surface area contributed by atoms with Crippen LogP contribution < -0.4 is 24.8 Å². The number of benzene rings is 2. The number of halogens is 2. The summed E-state index contributed by atoms with van der Waals surface area (Å²) in [5, 5.41) is 12.6. The van der Waals surface area contributed by atoms with Crippen molar-refractivity contribution < 1.29 is 18.3 Å². The van der Waals surface area contributed by atoms with Crippen LogP contribution in [0.15, 0.2) is 47.3 Å². The summed E-state index contributed by atoms with van der Waals surface area (Å²) in [7, 11) is 0. The molecule has 182 valence electrons. The van der Waals surface area contributed by atoms with Crippen LogP contribution >= 0.6 is 11.3 Å². The summed E-state index contributed by atoms with van der Waals surface area (Å²) < 4.78 is 31.1. The van der Waals surface area contributed by atoms with Crippen LogP contribution in [0.4, 0.5) is 8.78 Å². The first-order chi connectivity index (χ1) is 16.7. The van der Waals surface area contributed by atoms with E-state index >= 15 is 0 Å². The number of aromatic nitrogens is 1. The molecule has 0 radical (unpaired) electrons. The number of unbranched alkanes of at least 4 members (excludes halogenated alkanes) is 1. The molecule has 3 aromatic rings. The lowest BCUT2D eigenvalue weighted by atomic mass is 10.1. The van der Waals surface area contributed by atoms with Gasteiger partial charge in [-0.25, -0.2) is 0 Å². The first-order valence-electron chi connectivity index (χ1n) is 11.0. The Balaban J connectivity index is 2.24. The fourth-order valence-corrected chi connectivity index (χ4v) is 4.58. The number of thiazole rings is 1. The van der Waals surface area contributed by atoms with Crippen molar-refractivity contribution in [3.63, 3.8) is 0 Å². The molecule has 0 spiro atoms. The molecule has 1 N–H and O–H groups in total. The number of rotatable bonds is 8. The molecule has 0 bridgehead atoms. The minimum atomic E-state index is -2.93. The fourth-order valence-electron chi connectivity index (χ4n) is 3.48. The van der Waals surface area contributed by atoms with Crippen molar-refractivity contribution in [2.45, 2.75) is 40.2 Å². The Bertz CT molecular complexity index is 1430. The summed E-state index contributed by atoms with van der Waals surface area (Å²) in [5.74, 6) is -0.540. The minimum absolute atomic E-state index is 0.000519. The molecular formula is C26H25F2N3O3S. The summed E-state index contributed by atoms with van der Waals surface area (Å²) in [6.45, 7) is 3.27. The number of carbonyl (C=O) groups is 1. The van der Waals surface area contributed by atoms with E-state index in [1.54, 1.807) is 24.3 Å². The summed E-state index contributed by atoms with van der Waals surface area (Å²) in [6.07, 6.45) is 3.24. The number of aryl methyl sites for hydroxylation is 2. The second-order valence-corrected chi connectivity index (χ2v) is 8.92. The Morgan fingerprint density at radius 1 is 1.23 bits per heavy atom. The van der Waals surface area contributed by atoms with Gasteiger partial charge in [0.2, 0.25) is 0 Å². The van der Waals surface area contributed by atoms with Gasteiger partial charge in [-0.1, -0.05) is 43.2 Å². The lowest BCUT2D eigenvalue weighted by Crippen LogP contribution is -2.34. The number of nitriles is 1. The highest BCUT2D eigenvalue weighted by molar-refractivity contribution is 7.07. The van der Waals surface area contributed by atoms with Crippen molar-refractivity contribution in [2.75, 3.05) is 6.54 Å². The van der Waals surface area contributed by atoms with Crippen LogP contribution in [0, 0.1) is 25.2 Å². The number of alkyl halides is 2. The first-order valence-corrected chi connectivity index (χ1v) is 11.9. The van der Waals surface area contributed by atoms with Crippen molar-refractivity contribution in [3.05, 3.63) is 78.7 Å². The number of hydrogen-bond acceptors (Lipinski definition) is 5. The maximum absolute atomic E-state index is 13.5. The topological polar surface area (TPSA) is 84.1 Å². The average Bonchev–Trinajstić information content (AvgIpc) is 3.11. The number of hydrogen-bond donors (Lipinski definition) is 1. The SMILES string of the molecule is CCCCNC(=O)/C(C#N)=c1\s/c(=C\c2ccc(OC(F)F)cc2)c(=O)n1-c1ccc(C)cc1C. The summed E-state index contributed by atoms with van der Waals surface area (Å²) in [4.78, 5) is 26.3. The molecule has 0 aliphatic heterocycles. The molecular weight excluding hydrogens is 472 g/mol. The van der Waals surface area contributed by atoms with E-state index in [1.807, 2.05) is 39.0 Å². The number of nitrogens with one attached hydrogen (secondary N) is 1. The third-order valence-corrected chi connectivity index (χ3v) is 6.28. The third-order valence-electron chi connectivity index (χ3n) is 5.19. The molecule has 0 saturated carbocycles. The van der Waals surface area contributed by atoms with Crippen molar-refractivity contribution in [2.24, 2.45) is 0 Å². The summed E-state index contributed by atoms with van der Waals surface area (Å²) in [5.41, 5.74) is 2.43. The number of carbonyl (C=O) groups excluding carboxylic acids is 1. The molecule has 1 aromatic heterocycles. The highest BCUT2D eigenvalue weighted by Gasteiger charge is 2.17. The minimum Gasteiger partial charge on any atom is -0.435 e. The molecule has 0 aliphatic rings. The van der Waals surface area contributed by atoms with Gasteiger partial charge in [-0.15, -0.1) is 11.3 Å². The second-order valence-electron chi connectivity index (χ2n) is 7.89. The highest BCUT2D eigenvalue weighted by atomic mass is 32.1. The largest absolute Gasteiger partial charge is 0.435 e. The van der Waals surface area contributed by atoms with E-state index in [-0.39, 0.29) is 26.1 Å². The van der Waals surface area contributed by atoms with Gasteiger partial charge in [0.15, 0.2) is 5.57 Å². The molecule has 1 amide bonds. The lowest BCUT2D eigenvalue weighted by molar-refractivity contribution is -0.115. The molecule has 0 unspecified atom stereocenters. The van der Waals surface area contributed by atoms with E-state index < -0.39 is 12.5 Å². The zero-order valence-corrected chi connectivity index (χ0v) is 20.4. The van der Waals surface area contributed by atoms with E-state index in [0.717, 1.165) is 35.3 Å². The summed E-state index contributed by atoms with van der Waals surface area (Å²) >= 11 is 1.03. The van der Waals surface area contributed by atoms with E-state index in [0.29, 0.717) is 17.8 Å². The molecule has 1 heterocycles. The van der Waals surface area contributed by atoms with E-state index in [2.05, 4.69) is 10.1 Å². The highest BCUT2D eigenvalue weighted by Crippen LogP contribution is 2.16. The maximum Gasteiger partial charge on any atom is 0.387 e. The Morgan fingerprint density at radius 3 is 2.54 bits per heavy atom. The van der Waals surface area contributed by atoms with Gasteiger partial charge in [-0.2, -0.15) is 14.0 Å². The fraction of sp³-hybridized carbons (Fsp3) is 0.269. The van der Waals surface area contributed by atoms with E-state index in [4.69, 9.17) is 0 Å². The van der Waals surface area contributed by atoms with Crippen LogP contribution in [0.5, 0.6) is 5.75 Å². The van der Waals surface area contributed by atoms with Crippen LogP contribution in [0.3, 0.4) is 0 Å². The number of ether oxygens (including phenoxy) is 1. The maximum atomic E-state index is 13.5. The number of amides is 1. The van der Waals surface area contributed by atoms with Gasteiger partial charge in [0.1, 0.15) is 16.5 Å². The molecule has 2 aromatic carbocycles. The Morgan fingerprint density at radius 2 is 1.94 bits per heavy atom. The molecule has 0 aliphatic carbocycles. The van der Waals surface area contributed by atoms with Gasteiger partial charge in [0.05, 0.1) is 10.2 Å². The standard InChI is InChI=1S/C26H25F2N3O3S/c1-4-5-12-30-23(32)20(15-29)25-31(21-11-6-16(2)13-17(21)3)24(33)22(35-25)14-18-7-9-19(10-8-18)34-26(27)28/h6-11,13-14,26H,4-5,12H2,1-3H3,(H,30,32)/b22-14-,25-20-. The Hall–Kier alpha value is -3.77. The molecule has 0 fully saturated rings. The predicted octanol–water partition coefficient (Wildman–Crippen LogP) is 3.54. The van der Waals surface area contributed by atoms with Gasteiger partial charge < -0.3 is 10.1 Å². The van der Waals surface area contributed by atoms with Crippen LogP contribution in [0.2, 0.25) is 0 Å². The van der Waals surface area contributed by atoms with Gasteiger partial charge in [-0.3, -0.25) is 14.2 Å². The Kier molecular flexibility index (Phi) is 8.55. The van der Waals surface area contributed by atoms with Crippen molar-refractivity contribution in [1.82, 2.24) is 9.88 Å². The van der Waals surface area contributed by atoms with E-state index in [1.165, 1.54) is 16.7 Å². The molecule has 3 rings (SSSR count). The zero-order valence-electron chi connectivity index (χ0n) is 19.6. The van der Waals surface area contributed by atoms with E-state index in [9.17, 15) is 23.6 Å². The monoisotopic (exact) mass is 497 g/mol. The molecule has 0 saturated heterocycles. The van der Waals surface area contributed by atoms with Crippen molar-refractivity contribution >= 4 is 28.9 Å². The smallest absolute Gasteiger partial charge is 0.387 e. The molecule has 35 heavy (non-hydrogen) atoms. The average molecular weight is 498 g/mol. The van der Waals surface area contributed by atoms with Crippen LogP contribution in [0.1, 0.15) is 36.5 Å². The van der Waals surface area contributed by atoms with Gasteiger partial charge >= 0.3 is 6.61 Å². The number of nitrogens with zero attached hydrogens (tertiary/aromatic N) is 2. The third kappa shape index (κ3) is 6.22.